The SMILES string of the molecule is CN(c1ccccc1F)S(=O)(=O)c1cccc(C(=O)Nc2cccc([N+](=O)[O-])c2)c1. The molecule has 0 fully saturated rings. The quantitative estimate of drug-likeness (QED) is 0.473. The van der Waals surface area contributed by atoms with Gasteiger partial charge in [0, 0.05) is 30.4 Å². The number of hydrogen-bond acceptors (Lipinski definition) is 5. The van der Waals surface area contributed by atoms with Gasteiger partial charge in [-0.2, -0.15) is 0 Å². The van der Waals surface area contributed by atoms with Crippen molar-refractivity contribution in [3.8, 4) is 0 Å². The molecule has 10 heteroatoms. The van der Waals surface area contributed by atoms with Gasteiger partial charge in [-0.05, 0) is 36.4 Å². The molecule has 0 aromatic heterocycles. The lowest BCUT2D eigenvalue weighted by Gasteiger charge is -2.20. The molecular weight excluding hydrogens is 413 g/mol. The molecule has 30 heavy (non-hydrogen) atoms. The second-order valence-electron chi connectivity index (χ2n) is 6.21. The largest absolute Gasteiger partial charge is 0.322 e. The number of nitro groups is 1. The molecule has 1 amide bonds. The normalized spacial score (nSPS) is 11.0. The highest BCUT2D eigenvalue weighted by Crippen LogP contribution is 2.25. The molecule has 0 bridgehead atoms. The predicted octanol–water partition coefficient (Wildman–Crippen LogP) is 3.81. The van der Waals surface area contributed by atoms with E-state index in [1.807, 2.05) is 0 Å². The van der Waals surface area contributed by atoms with E-state index < -0.39 is 26.7 Å². The van der Waals surface area contributed by atoms with E-state index in [4.69, 9.17) is 0 Å². The summed E-state index contributed by atoms with van der Waals surface area (Å²) in [6.45, 7) is 0. The molecule has 0 saturated carbocycles. The number of benzene rings is 3. The number of nitro benzene ring substituents is 1. The van der Waals surface area contributed by atoms with Gasteiger partial charge in [0.25, 0.3) is 21.6 Å². The van der Waals surface area contributed by atoms with E-state index in [1.54, 1.807) is 0 Å². The third kappa shape index (κ3) is 4.28. The van der Waals surface area contributed by atoms with Gasteiger partial charge < -0.3 is 5.32 Å². The van der Waals surface area contributed by atoms with Crippen LogP contribution >= 0.6 is 0 Å². The van der Waals surface area contributed by atoms with Crippen LogP contribution in [-0.2, 0) is 10.0 Å². The van der Waals surface area contributed by atoms with Gasteiger partial charge in [-0.1, -0.05) is 24.3 Å². The van der Waals surface area contributed by atoms with E-state index in [1.165, 1.54) is 67.7 Å². The number of halogens is 1. The molecule has 0 aliphatic rings. The Kier molecular flexibility index (Phi) is 5.79. The molecule has 1 N–H and O–H groups in total. The molecule has 0 heterocycles. The molecule has 0 aliphatic heterocycles. The molecule has 3 aromatic rings. The van der Waals surface area contributed by atoms with Crippen LogP contribution in [0.2, 0.25) is 0 Å². The number of nitrogens with one attached hydrogen (secondary N) is 1. The number of carbonyl (C=O) groups is 1. The zero-order chi connectivity index (χ0) is 21.9. The Balaban J connectivity index is 1.88. The first-order valence-electron chi connectivity index (χ1n) is 8.59. The van der Waals surface area contributed by atoms with Crippen LogP contribution in [0, 0.1) is 15.9 Å². The van der Waals surface area contributed by atoms with E-state index in [-0.39, 0.29) is 27.5 Å². The van der Waals surface area contributed by atoms with Crippen LogP contribution in [0.25, 0.3) is 0 Å². The Morgan fingerprint density at radius 1 is 1.03 bits per heavy atom. The van der Waals surface area contributed by atoms with Gasteiger partial charge >= 0.3 is 0 Å². The van der Waals surface area contributed by atoms with Crippen LogP contribution in [0.4, 0.5) is 21.5 Å². The molecule has 0 atom stereocenters. The number of hydrogen-bond donors (Lipinski definition) is 1. The first-order valence-corrected chi connectivity index (χ1v) is 10.0. The molecule has 0 unspecified atom stereocenters. The molecule has 8 nitrogen and oxygen atoms in total. The highest BCUT2D eigenvalue weighted by atomic mass is 32.2. The first-order chi connectivity index (χ1) is 14.2. The number of rotatable bonds is 6. The number of amides is 1. The third-order valence-electron chi connectivity index (χ3n) is 4.26. The number of nitrogens with zero attached hydrogens (tertiary/aromatic N) is 2. The lowest BCUT2D eigenvalue weighted by Crippen LogP contribution is -2.27. The van der Waals surface area contributed by atoms with Crippen LogP contribution in [0.15, 0.2) is 77.7 Å². The Hall–Kier alpha value is -3.79. The van der Waals surface area contributed by atoms with Crippen molar-refractivity contribution in [1.29, 1.82) is 0 Å². The fourth-order valence-electron chi connectivity index (χ4n) is 2.69. The van der Waals surface area contributed by atoms with Crippen molar-refractivity contribution in [3.63, 3.8) is 0 Å². The Labute approximate surface area is 171 Å². The van der Waals surface area contributed by atoms with Gasteiger partial charge in [-0.15, -0.1) is 0 Å². The van der Waals surface area contributed by atoms with Crippen LogP contribution in [0.1, 0.15) is 10.4 Å². The summed E-state index contributed by atoms with van der Waals surface area (Å²) in [5, 5.41) is 13.4. The van der Waals surface area contributed by atoms with E-state index >= 15 is 0 Å². The molecule has 0 saturated heterocycles. The maximum absolute atomic E-state index is 14.0. The zero-order valence-corrected chi connectivity index (χ0v) is 16.5. The Bertz CT molecular complexity index is 1230. The summed E-state index contributed by atoms with van der Waals surface area (Å²) in [5.74, 6) is -1.36. The number of carbonyl (C=O) groups excluding carboxylic acids is 1. The van der Waals surface area contributed by atoms with Crippen molar-refractivity contribution in [2.75, 3.05) is 16.7 Å². The minimum atomic E-state index is -4.14. The Morgan fingerprint density at radius 3 is 2.43 bits per heavy atom. The van der Waals surface area contributed by atoms with Gasteiger partial charge in [0.2, 0.25) is 0 Å². The minimum absolute atomic E-state index is 0.0181. The summed E-state index contributed by atoms with van der Waals surface area (Å²) in [6, 6.07) is 16.0. The van der Waals surface area contributed by atoms with Crippen molar-refractivity contribution < 1.29 is 22.5 Å². The lowest BCUT2D eigenvalue weighted by atomic mass is 10.2. The maximum Gasteiger partial charge on any atom is 0.271 e. The highest BCUT2D eigenvalue weighted by Gasteiger charge is 2.24. The topological polar surface area (TPSA) is 110 Å². The fourth-order valence-corrected chi connectivity index (χ4v) is 3.94. The first kappa shape index (κ1) is 20.9. The third-order valence-corrected chi connectivity index (χ3v) is 6.03. The average Bonchev–Trinajstić information content (AvgIpc) is 2.74. The Morgan fingerprint density at radius 2 is 1.73 bits per heavy atom. The molecule has 3 rings (SSSR count). The number of non-ortho nitro benzene ring substituents is 1. The maximum atomic E-state index is 14.0. The van der Waals surface area contributed by atoms with Gasteiger partial charge in [0.15, 0.2) is 0 Å². The van der Waals surface area contributed by atoms with E-state index in [0.717, 1.165) is 16.4 Å². The van der Waals surface area contributed by atoms with Crippen molar-refractivity contribution in [3.05, 3.63) is 94.3 Å². The monoisotopic (exact) mass is 429 g/mol. The summed E-state index contributed by atoms with van der Waals surface area (Å²) >= 11 is 0. The fraction of sp³-hybridized carbons (Fsp3) is 0.0500. The second-order valence-corrected chi connectivity index (χ2v) is 8.18. The van der Waals surface area contributed by atoms with Crippen LogP contribution in [-0.4, -0.2) is 26.3 Å². The minimum Gasteiger partial charge on any atom is -0.322 e. The standard InChI is InChI=1S/C20H16FN3O5S/c1-23(19-11-3-2-10-18(19)21)30(28,29)17-9-4-6-14(12-17)20(25)22-15-7-5-8-16(13-15)24(26)27/h2-13H,1H3,(H,22,25). The second kappa shape index (κ2) is 8.29. The molecular formula is C20H16FN3O5S. The van der Waals surface area contributed by atoms with Gasteiger partial charge in [-0.3, -0.25) is 19.2 Å². The van der Waals surface area contributed by atoms with Crippen molar-refractivity contribution in [1.82, 2.24) is 0 Å². The van der Waals surface area contributed by atoms with Crippen molar-refractivity contribution >= 4 is 33.0 Å². The summed E-state index contributed by atoms with van der Waals surface area (Å²) < 4.78 is 40.6. The van der Waals surface area contributed by atoms with Crippen LogP contribution < -0.4 is 9.62 Å². The van der Waals surface area contributed by atoms with Gasteiger partial charge in [-0.25, -0.2) is 12.8 Å². The molecule has 3 aromatic carbocycles. The number of sulfonamides is 1. The van der Waals surface area contributed by atoms with Crippen LogP contribution in [0.5, 0.6) is 0 Å². The average molecular weight is 429 g/mol. The summed E-state index contributed by atoms with van der Waals surface area (Å²) in [4.78, 5) is 22.6. The van der Waals surface area contributed by atoms with Gasteiger partial charge in [0.05, 0.1) is 15.5 Å². The van der Waals surface area contributed by atoms with E-state index in [2.05, 4.69) is 5.32 Å². The lowest BCUT2D eigenvalue weighted by molar-refractivity contribution is -0.384. The smallest absolute Gasteiger partial charge is 0.271 e. The molecule has 0 aliphatic carbocycles. The van der Waals surface area contributed by atoms with Crippen LogP contribution in [0.3, 0.4) is 0 Å². The van der Waals surface area contributed by atoms with E-state index in [9.17, 15) is 27.7 Å². The number of anilines is 2. The molecule has 154 valence electrons. The van der Waals surface area contributed by atoms with Gasteiger partial charge in [0.1, 0.15) is 5.82 Å². The van der Waals surface area contributed by atoms with E-state index in [0.29, 0.717) is 0 Å². The highest BCUT2D eigenvalue weighted by molar-refractivity contribution is 7.92. The summed E-state index contributed by atoms with van der Waals surface area (Å²) in [6.07, 6.45) is 0. The predicted molar refractivity (Wildman–Crippen MR) is 109 cm³/mol. The number of para-hydroxylation sites is 1. The molecule has 0 spiro atoms. The molecule has 0 radical (unpaired) electrons. The summed E-state index contributed by atoms with van der Waals surface area (Å²) in [5.41, 5.74) is -0.130. The van der Waals surface area contributed by atoms with Crippen molar-refractivity contribution in [2.24, 2.45) is 0 Å². The van der Waals surface area contributed by atoms with Crippen molar-refractivity contribution in [2.45, 2.75) is 4.90 Å². The zero-order valence-electron chi connectivity index (χ0n) is 15.7. The summed E-state index contributed by atoms with van der Waals surface area (Å²) in [7, 11) is -2.93.